The second-order valence-electron chi connectivity index (χ2n) is 10.2. The van der Waals surface area contributed by atoms with Gasteiger partial charge in [-0.15, -0.1) is 0 Å². The largest absolute Gasteiger partial charge is 0.464 e. The zero-order chi connectivity index (χ0) is 19.3. The van der Waals surface area contributed by atoms with E-state index < -0.39 is 0 Å². The molecule has 0 aromatic carbocycles. The van der Waals surface area contributed by atoms with E-state index in [2.05, 4.69) is 40.2 Å². The van der Waals surface area contributed by atoms with Crippen LogP contribution in [0.1, 0.15) is 86.8 Å². The molecule has 6 aliphatic heterocycles. The van der Waals surface area contributed by atoms with Crippen molar-refractivity contribution in [2.45, 2.75) is 82.2 Å². The van der Waals surface area contributed by atoms with E-state index in [1.165, 1.54) is 89.1 Å². The van der Waals surface area contributed by atoms with Gasteiger partial charge in [0, 0.05) is 24.4 Å². The Bertz CT molecular complexity index is 808. The molecular weight excluding hydrogens is 356 g/mol. The maximum atomic E-state index is 6.69. The molecule has 5 atom stereocenters. The molecule has 3 nitrogen and oxygen atoms in total. The normalized spacial score (nSPS) is 39.6. The Labute approximate surface area is 175 Å². The summed E-state index contributed by atoms with van der Waals surface area (Å²) in [5, 5.41) is 0. The van der Waals surface area contributed by atoms with Crippen molar-refractivity contribution in [3.8, 4) is 0 Å². The van der Waals surface area contributed by atoms with Gasteiger partial charge in [0.2, 0.25) is 0 Å². The Morgan fingerprint density at radius 2 is 1.79 bits per heavy atom. The first-order valence-electron chi connectivity index (χ1n) is 12.3. The number of piperidine rings is 1. The molecule has 2 fully saturated rings. The maximum absolute atomic E-state index is 6.69. The molecule has 0 saturated carbocycles. The Morgan fingerprint density at radius 3 is 2.76 bits per heavy atom. The number of furan rings is 1. The summed E-state index contributed by atoms with van der Waals surface area (Å²) in [5.74, 6) is 3.30. The van der Waals surface area contributed by atoms with Crippen LogP contribution in [0, 0.1) is 5.41 Å². The van der Waals surface area contributed by atoms with E-state index in [1.54, 1.807) is 5.56 Å². The third-order valence-electron chi connectivity index (χ3n) is 8.52. The Kier molecular flexibility index (Phi) is 4.72. The van der Waals surface area contributed by atoms with Crippen LogP contribution < -0.4 is 0 Å². The minimum absolute atomic E-state index is 0.378. The van der Waals surface area contributed by atoms with E-state index in [-0.39, 0.29) is 0 Å². The van der Waals surface area contributed by atoms with Gasteiger partial charge in [0.1, 0.15) is 11.5 Å². The fourth-order valence-electron chi connectivity index (χ4n) is 7.32. The van der Waals surface area contributed by atoms with E-state index in [0.29, 0.717) is 23.4 Å². The summed E-state index contributed by atoms with van der Waals surface area (Å²) in [5.41, 5.74) is 1.97. The van der Waals surface area contributed by atoms with E-state index in [4.69, 9.17) is 4.42 Å². The van der Waals surface area contributed by atoms with Gasteiger partial charge in [-0.05, 0) is 95.0 Å². The van der Waals surface area contributed by atoms with Crippen molar-refractivity contribution in [1.29, 1.82) is 0 Å². The van der Waals surface area contributed by atoms with Crippen molar-refractivity contribution >= 4 is 0 Å². The zero-order valence-electron chi connectivity index (χ0n) is 17.8. The zero-order valence-corrected chi connectivity index (χ0v) is 17.8. The third-order valence-corrected chi connectivity index (χ3v) is 8.52. The van der Waals surface area contributed by atoms with Gasteiger partial charge in [-0.3, -0.25) is 4.90 Å². The smallest absolute Gasteiger partial charge is 0.125 e. The van der Waals surface area contributed by atoms with Crippen LogP contribution in [0.5, 0.6) is 0 Å². The van der Waals surface area contributed by atoms with Crippen LogP contribution in [-0.2, 0) is 6.42 Å². The van der Waals surface area contributed by atoms with Crippen molar-refractivity contribution in [1.82, 2.24) is 9.80 Å². The van der Waals surface area contributed by atoms with Gasteiger partial charge in [0.25, 0.3) is 0 Å². The maximum Gasteiger partial charge on any atom is 0.125 e. The molecule has 29 heavy (non-hydrogen) atoms. The van der Waals surface area contributed by atoms with Crippen LogP contribution in [0.15, 0.2) is 34.8 Å². The molecule has 8 rings (SSSR count). The second kappa shape index (κ2) is 7.42. The van der Waals surface area contributed by atoms with Crippen LogP contribution in [0.3, 0.4) is 0 Å². The molecule has 156 valence electrons. The minimum Gasteiger partial charge on any atom is -0.464 e. The van der Waals surface area contributed by atoms with Gasteiger partial charge in [0.05, 0.1) is 6.04 Å². The third kappa shape index (κ3) is 2.99. The fraction of sp³-hybridized carbons (Fsp3) is 0.692. The van der Waals surface area contributed by atoms with Crippen LogP contribution in [0.4, 0.5) is 0 Å². The molecule has 2 saturated heterocycles. The molecule has 6 bridgehead atoms. The van der Waals surface area contributed by atoms with Crippen molar-refractivity contribution in [3.05, 3.63) is 47.5 Å². The highest BCUT2D eigenvalue weighted by Gasteiger charge is 2.64. The molecular formula is C26H36N2O. The average molecular weight is 393 g/mol. The SMILES string of the molecule is C1=CCCc2cc3c(o2)[C@H]2N4CCCCC=C[C@@H]4C[C@]24CN(CCCC1)CC[C@H]34. The monoisotopic (exact) mass is 392 g/mol. The lowest BCUT2D eigenvalue weighted by molar-refractivity contribution is 0.0364. The van der Waals surface area contributed by atoms with E-state index in [1.807, 2.05) is 0 Å². The minimum atomic E-state index is 0.378. The quantitative estimate of drug-likeness (QED) is 0.536. The van der Waals surface area contributed by atoms with Gasteiger partial charge < -0.3 is 9.32 Å². The number of hydrogen-bond donors (Lipinski definition) is 0. The summed E-state index contributed by atoms with van der Waals surface area (Å²) >= 11 is 0. The topological polar surface area (TPSA) is 19.6 Å². The molecule has 1 aliphatic carbocycles. The second-order valence-corrected chi connectivity index (χ2v) is 10.2. The molecule has 0 radical (unpaired) electrons. The average Bonchev–Trinajstić information content (AvgIpc) is 3.29. The van der Waals surface area contributed by atoms with Crippen LogP contribution >= 0.6 is 0 Å². The van der Waals surface area contributed by atoms with Crippen LogP contribution in [0.25, 0.3) is 0 Å². The van der Waals surface area contributed by atoms with Gasteiger partial charge in [-0.25, -0.2) is 0 Å². The lowest BCUT2D eigenvalue weighted by atomic mass is 9.68. The molecule has 1 unspecified atom stereocenters. The van der Waals surface area contributed by atoms with E-state index in [9.17, 15) is 0 Å². The predicted molar refractivity (Wildman–Crippen MR) is 117 cm³/mol. The highest BCUT2D eigenvalue weighted by atomic mass is 16.3. The summed E-state index contributed by atoms with van der Waals surface area (Å²) in [6.07, 6.45) is 22.5. The molecule has 7 heterocycles. The predicted octanol–water partition coefficient (Wildman–Crippen LogP) is 5.60. The molecule has 0 amide bonds. The molecule has 1 spiro atoms. The van der Waals surface area contributed by atoms with Crippen molar-refractivity contribution in [3.63, 3.8) is 0 Å². The number of nitrogens with zero attached hydrogens (tertiary/aromatic N) is 2. The Hall–Kier alpha value is -1.32. The molecule has 1 aromatic heterocycles. The number of hydrogen-bond acceptors (Lipinski definition) is 3. The summed E-state index contributed by atoms with van der Waals surface area (Å²) in [7, 11) is 0. The van der Waals surface area contributed by atoms with Crippen LogP contribution in [-0.4, -0.2) is 42.0 Å². The van der Waals surface area contributed by atoms with Gasteiger partial charge >= 0.3 is 0 Å². The molecule has 7 aliphatic rings. The first-order valence-corrected chi connectivity index (χ1v) is 12.3. The molecule has 3 heteroatoms. The van der Waals surface area contributed by atoms with Crippen molar-refractivity contribution < 1.29 is 4.42 Å². The van der Waals surface area contributed by atoms with E-state index in [0.717, 1.165) is 12.8 Å². The van der Waals surface area contributed by atoms with Gasteiger partial charge in [-0.2, -0.15) is 0 Å². The Morgan fingerprint density at radius 1 is 0.931 bits per heavy atom. The molecule has 0 N–H and O–H groups in total. The summed E-state index contributed by atoms with van der Waals surface area (Å²) in [6, 6.07) is 3.59. The summed E-state index contributed by atoms with van der Waals surface area (Å²) in [4.78, 5) is 5.66. The number of rotatable bonds is 0. The standard InChI is InChI=1S/C26H36N2O/c1-2-5-9-14-27-16-13-23-22-17-21(12-8-3-1)29-24(22)25-26(23,19-27)18-20-11-7-4-6-10-15-28(20)25/h1,3,7,11,17,20,23,25H,2,4-6,8-10,12-16,18-19H2/t20-,23-,25-,26-/m1/s1. The molecule has 1 aromatic rings. The number of aryl methyl sites for hydroxylation is 1. The summed E-state index contributed by atoms with van der Waals surface area (Å²) < 4.78 is 6.69. The van der Waals surface area contributed by atoms with Crippen LogP contribution in [0.2, 0.25) is 0 Å². The van der Waals surface area contributed by atoms with E-state index >= 15 is 0 Å². The highest BCUT2D eigenvalue weighted by molar-refractivity contribution is 5.42. The number of fused-ring (bicyclic) bond motifs is 2. The van der Waals surface area contributed by atoms with Gasteiger partial charge in [-0.1, -0.05) is 24.3 Å². The highest BCUT2D eigenvalue weighted by Crippen LogP contribution is 2.67. The summed E-state index contributed by atoms with van der Waals surface area (Å²) in [6.45, 7) is 5.07. The Balaban J connectivity index is 1.42. The van der Waals surface area contributed by atoms with Crippen molar-refractivity contribution in [2.75, 3.05) is 26.2 Å². The number of allylic oxidation sites excluding steroid dienone is 3. The van der Waals surface area contributed by atoms with Crippen molar-refractivity contribution in [2.24, 2.45) is 5.41 Å². The lowest BCUT2D eigenvalue weighted by Gasteiger charge is -2.45. The fourth-order valence-corrected chi connectivity index (χ4v) is 7.32. The first kappa shape index (κ1) is 18.4. The lowest BCUT2D eigenvalue weighted by Crippen LogP contribution is -2.47. The first-order chi connectivity index (χ1) is 14.4. The van der Waals surface area contributed by atoms with Gasteiger partial charge in [0.15, 0.2) is 0 Å².